The summed E-state index contributed by atoms with van der Waals surface area (Å²) in [5.41, 5.74) is 2.64. The van der Waals surface area contributed by atoms with E-state index in [0.717, 1.165) is 117 Å². The van der Waals surface area contributed by atoms with E-state index in [1.165, 1.54) is 74.4 Å². The maximum atomic E-state index is 11.6. The Labute approximate surface area is 809 Å². The molecule has 0 aliphatic carbocycles. The number of carbonyl (C=O) groups excluding carboxylic acids is 21. The molecule has 8 aliphatic rings. The number of ketones is 10. The van der Waals surface area contributed by atoms with Crippen molar-refractivity contribution in [3.63, 3.8) is 0 Å². The summed E-state index contributed by atoms with van der Waals surface area (Å²) in [5, 5.41) is 24.1. The minimum Gasteiger partial charge on any atom is -0.460 e. The molecule has 137 heavy (non-hydrogen) atoms. The Balaban J connectivity index is 0. The zero-order chi connectivity index (χ0) is 104. The Morgan fingerprint density at radius 3 is 1.11 bits per heavy atom. The van der Waals surface area contributed by atoms with Crippen LogP contribution in [0.25, 0.3) is 0 Å². The number of methoxy groups -OCH3 is 1. The molecule has 0 aromatic carbocycles. The Kier molecular flexibility index (Phi) is 73.0. The van der Waals surface area contributed by atoms with Crippen LogP contribution in [0.2, 0.25) is 0 Å². The molecule has 44 nitrogen and oxygen atoms in total. The first-order valence-electron chi connectivity index (χ1n) is 47.1. The maximum Gasteiger partial charge on any atom is 0.375 e. The number of β-amino-alcohol motifs (C(OH)–C–C–N with tert-alkyl or cyclic N) is 1. The first-order valence-corrected chi connectivity index (χ1v) is 47.1. The van der Waals surface area contributed by atoms with Gasteiger partial charge >= 0.3 is 5.97 Å². The van der Waals surface area contributed by atoms with Crippen LogP contribution in [0.1, 0.15) is 192 Å². The number of hydrogen-bond acceptors (Lipinski definition) is 34. The third-order valence-electron chi connectivity index (χ3n) is 21.1. The van der Waals surface area contributed by atoms with Crippen LogP contribution in [0, 0.1) is 0 Å². The number of aliphatic hydroxyl groups excluding tert-OH is 2. The van der Waals surface area contributed by atoms with Gasteiger partial charge in [-0.2, -0.15) is 0 Å². The molecule has 10 amide bonds. The second kappa shape index (κ2) is 77.2. The van der Waals surface area contributed by atoms with Crippen molar-refractivity contribution >= 4 is 123 Å². The molecule has 8 saturated heterocycles. The average Bonchev–Trinajstić information content (AvgIpc) is 0.501. The second-order valence-corrected chi connectivity index (χ2v) is 34.5. The van der Waals surface area contributed by atoms with Crippen LogP contribution in [0.15, 0.2) is 0 Å². The lowest BCUT2D eigenvalue weighted by molar-refractivity contribution is -0.155. The van der Waals surface area contributed by atoms with Gasteiger partial charge in [0.15, 0.2) is 0 Å². The Morgan fingerprint density at radius 1 is 0.387 bits per heavy atom. The average molecular weight is 1960 g/mol. The quantitative estimate of drug-likeness (QED) is 0.0219. The van der Waals surface area contributed by atoms with E-state index in [0.29, 0.717) is 130 Å². The van der Waals surface area contributed by atoms with Gasteiger partial charge in [0, 0.05) is 191 Å². The number of aliphatic hydroxyl groups is 2. The fourth-order valence-corrected chi connectivity index (χ4v) is 13.5. The Hall–Kier alpha value is -9.61. The van der Waals surface area contributed by atoms with Gasteiger partial charge < -0.3 is 93.4 Å². The summed E-state index contributed by atoms with van der Waals surface area (Å²) in [7, 11) is 10.9. The molecule has 8 heterocycles. The van der Waals surface area contributed by atoms with Gasteiger partial charge in [0.25, 0.3) is 0 Å². The molecule has 0 saturated carbocycles. The molecule has 0 aromatic heterocycles. The molecule has 0 bridgehead atoms. The van der Waals surface area contributed by atoms with Crippen molar-refractivity contribution in [3.8, 4) is 0 Å². The number of nitrogens with one attached hydrogen (secondary N) is 3. The number of esters is 1. The SMILES string of the molecule is CC(=O)CC(=O)N1CC(C)OC(C)C1.CC(=O)CC(=O)N1CCC(N(C)C)CC1.CC(=O)CC(=O)N1CCN(C)CC1.CC(=O)CC(=O)N1CCN(CCO)CC1.CC(=O)CC(=O)NCCCN1CCOCC1.CC(=O)CC(=O)NCCCO.CC(=O)CC(=O)NN1CCOCC1.CCC(=O)CC(=O)N1CCOCC1.CCOC(=O)C(=O)CC(=O)N(C)C.COC1CCN(C(=O)CC(C)=O)CC1. The molecule has 44 heteroatoms. The van der Waals surface area contributed by atoms with Gasteiger partial charge in [-0.05, 0) is 142 Å². The summed E-state index contributed by atoms with van der Waals surface area (Å²) in [6, 6.07) is 0.575. The highest BCUT2D eigenvalue weighted by molar-refractivity contribution is 6.37. The van der Waals surface area contributed by atoms with E-state index in [1.807, 2.05) is 20.9 Å². The number of amides is 10. The van der Waals surface area contributed by atoms with E-state index < -0.39 is 24.1 Å². The second-order valence-electron chi connectivity index (χ2n) is 34.5. The summed E-state index contributed by atoms with van der Waals surface area (Å²) in [6.07, 6.45) is 5.77. The molecular weight excluding hydrogens is 1790 g/mol. The molecule has 2 atom stereocenters. The highest BCUT2D eigenvalue weighted by Gasteiger charge is 2.30. The van der Waals surface area contributed by atoms with E-state index in [-0.39, 0.29) is 201 Å². The first-order chi connectivity index (χ1) is 64.6. The van der Waals surface area contributed by atoms with E-state index in [1.54, 1.807) is 55.4 Å². The van der Waals surface area contributed by atoms with E-state index >= 15 is 0 Å². The number of ether oxygens (including phenoxy) is 6. The van der Waals surface area contributed by atoms with Crippen LogP contribution in [0.3, 0.4) is 0 Å². The molecule has 2 unspecified atom stereocenters. The fourth-order valence-electron chi connectivity index (χ4n) is 13.5. The number of piperidine rings is 2. The summed E-state index contributed by atoms with van der Waals surface area (Å²) in [6.45, 7) is 40.7. The lowest BCUT2D eigenvalue weighted by Crippen LogP contribution is -2.49. The summed E-state index contributed by atoms with van der Waals surface area (Å²) < 4.78 is 30.6. The largest absolute Gasteiger partial charge is 0.460 e. The van der Waals surface area contributed by atoms with Crippen molar-refractivity contribution in [1.82, 2.24) is 75.0 Å². The van der Waals surface area contributed by atoms with Crippen molar-refractivity contribution < 1.29 is 139 Å². The molecule has 0 radical (unpaired) electrons. The van der Waals surface area contributed by atoms with Gasteiger partial charge in [0.1, 0.15) is 52.0 Å². The predicted octanol–water partition coefficient (Wildman–Crippen LogP) is -1.03. The number of likely N-dealkylation sites (tertiary alicyclic amines) is 2. The van der Waals surface area contributed by atoms with Crippen molar-refractivity contribution in [3.05, 3.63) is 0 Å². The summed E-state index contributed by atoms with van der Waals surface area (Å²) >= 11 is 0. The lowest BCUT2D eigenvalue weighted by Gasteiger charge is -2.35. The Morgan fingerprint density at radius 2 is 0.737 bits per heavy atom. The summed E-state index contributed by atoms with van der Waals surface area (Å²) in [5.74, 6) is -3.83. The number of carbonyl (C=O) groups is 21. The number of hydrogen-bond donors (Lipinski definition) is 5. The van der Waals surface area contributed by atoms with Crippen LogP contribution in [0.5, 0.6) is 0 Å². The maximum absolute atomic E-state index is 11.6. The minimum atomic E-state index is -0.947. The lowest BCUT2D eigenvalue weighted by atomic mass is 10.0. The van der Waals surface area contributed by atoms with Crippen molar-refractivity contribution in [1.29, 1.82) is 0 Å². The zero-order valence-electron chi connectivity index (χ0n) is 84.9. The molecule has 784 valence electrons. The molecular formula is C93H163N15O29. The molecule has 0 aromatic rings. The molecule has 8 rings (SSSR count). The summed E-state index contributed by atoms with van der Waals surface area (Å²) in [4.78, 5) is 251. The number of rotatable bonds is 35. The number of Topliss-reactive ketones (excluding diaryl/α,β-unsaturated/α-hetero) is 10. The molecule has 8 aliphatic heterocycles. The van der Waals surface area contributed by atoms with E-state index in [2.05, 4.69) is 54.5 Å². The zero-order valence-corrected chi connectivity index (χ0v) is 84.9. The predicted molar refractivity (Wildman–Crippen MR) is 505 cm³/mol. The van der Waals surface area contributed by atoms with Crippen LogP contribution in [0.4, 0.5) is 0 Å². The monoisotopic (exact) mass is 1950 g/mol. The number of morpholine rings is 4. The normalized spacial score (nSPS) is 17.4. The molecule has 5 N–H and O–H groups in total. The van der Waals surface area contributed by atoms with Crippen molar-refractivity contribution in [2.75, 3.05) is 259 Å². The smallest absolute Gasteiger partial charge is 0.375 e. The van der Waals surface area contributed by atoms with Crippen LogP contribution in [-0.4, -0.2) is 475 Å². The van der Waals surface area contributed by atoms with Crippen LogP contribution in [-0.2, 0) is 129 Å². The standard InChI is InChI=1S/C11H20N2O3.C11H20N2O2.C10H18N2O3.2C10H17NO3.C9H16N2O2.C9H15NO3.C8H14N2O3.C8H13NO4.C7H13NO3/c1-10(14)9-11(15)12-3-2-4-13-5-7-16-8-6-13;1-9(14)8-11(15)13-6-4-10(5-7-13)12(2)3;1-9(14)8-10(15)12-4-2-11(3-5-12)6-7-13;1-7(12)4-10(13)11-5-8(2)14-9(3)6-11;1-8(12)7-10(13)11-5-3-9(14-2)4-6-11;1-8(12)7-9(13)11-5-3-10(2)4-6-11;1-2-8(11)7-9(12)10-3-5-13-6-4-10;1-7(11)6-8(12)9-10-2-4-13-5-3-10;1-4-13-8(12)6(10)5-7(11)9(2)3;1-6(10)5-7(11)8-3-2-4-9/h2-9H2,1H3,(H,12,15);10H,4-8H2,1-3H3;13H,2-8H2,1H3;8-9H,4-6H2,1-3H3;9H,3-7H2,1-2H3;3-7H2,1-2H3;2-7H2,1H3;2-6H2,1H3,(H,9,12);4-5H2,1-3H3;9H,2-5H2,1H3,(H,8,11). The van der Waals surface area contributed by atoms with Gasteiger partial charge in [-0.25, -0.2) is 9.80 Å². The number of likely N-dealkylation sites (N-methyl/N-ethyl adjacent to an activating group) is 1. The van der Waals surface area contributed by atoms with Crippen LogP contribution < -0.4 is 16.1 Å². The molecule has 0 spiro atoms. The van der Waals surface area contributed by atoms with Gasteiger partial charge in [0.2, 0.25) is 64.9 Å². The van der Waals surface area contributed by atoms with Gasteiger partial charge in [-0.3, -0.25) is 111 Å². The minimum absolute atomic E-state index is 0.00243. The highest BCUT2D eigenvalue weighted by Crippen LogP contribution is 2.17. The van der Waals surface area contributed by atoms with Crippen molar-refractivity contribution in [2.24, 2.45) is 0 Å². The van der Waals surface area contributed by atoms with Gasteiger partial charge in [-0.1, -0.05) is 6.92 Å². The van der Waals surface area contributed by atoms with E-state index in [9.17, 15) is 101 Å². The van der Waals surface area contributed by atoms with Crippen molar-refractivity contribution in [2.45, 2.75) is 217 Å². The third kappa shape index (κ3) is 69.0. The topological polar surface area (TPSA) is 529 Å². The van der Waals surface area contributed by atoms with Gasteiger partial charge in [-0.15, -0.1) is 0 Å². The van der Waals surface area contributed by atoms with Crippen LogP contribution >= 0.6 is 0 Å². The highest BCUT2D eigenvalue weighted by atomic mass is 16.5. The van der Waals surface area contributed by atoms with E-state index in [4.69, 9.17) is 33.9 Å². The number of nitrogens with zero attached hydrogens (tertiary/aromatic N) is 12. The fraction of sp³-hybridized carbons (Fsp3) is 0.774. The Bertz CT molecular complexity index is 3680. The first kappa shape index (κ1) is 129. The number of piperazine rings is 2. The molecule has 8 fully saturated rings. The third-order valence-corrected chi connectivity index (χ3v) is 21.1. The van der Waals surface area contributed by atoms with Gasteiger partial charge in [0.05, 0.1) is 135 Å². The number of hydrazine groups is 1.